The average Bonchev–Trinajstić information content (AvgIpc) is 2.43. The second kappa shape index (κ2) is 21.5. The van der Waals surface area contributed by atoms with E-state index in [4.69, 9.17) is 9.90 Å². The molecule has 0 bridgehead atoms. The first-order chi connectivity index (χ1) is 10.1. The van der Waals surface area contributed by atoms with Gasteiger partial charge in [0.25, 0.3) is 0 Å². The van der Waals surface area contributed by atoms with E-state index < -0.39 is 6.09 Å². The Morgan fingerprint density at radius 2 is 1.05 bits per heavy atom. The van der Waals surface area contributed by atoms with Crippen LogP contribution in [0.15, 0.2) is 0 Å². The van der Waals surface area contributed by atoms with E-state index in [1.165, 1.54) is 90.1 Å². The second-order valence-electron chi connectivity index (χ2n) is 5.72. The first kappa shape index (κ1) is 22.5. The van der Waals surface area contributed by atoms with Crippen molar-refractivity contribution >= 4 is 6.09 Å². The number of quaternary nitrogens is 1. The fourth-order valence-corrected chi connectivity index (χ4v) is 2.28. The van der Waals surface area contributed by atoms with E-state index in [0.717, 1.165) is 0 Å². The van der Waals surface area contributed by atoms with Crippen molar-refractivity contribution in [1.29, 1.82) is 0 Å². The molecular formula is C17H38N2O2. The number of rotatable bonds is 14. The molecular weight excluding hydrogens is 264 g/mol. The van der Waals surface area contributed by atoms with Crippen molar-refractivity contribution in [2.24, 2.45) is 5.73 Å². The third-order valence-corrected chi connectivity index (χ3v) is 3.52. The molecule has 4 heteroatoms. The molecule has 0 unspecified atom stereocenters. The van der Waals surface area contributed by atoms with Crippen molar-refractivity contribution in [2.45, 2.75) is 90.9 Å². The van der Waals surface area contributed by atoms with Crippen molar-refractivity contribution in [1.82, 2.24) is 0 Å². The molecule has 0 rings (SSSR count). The molecule has 0 heterocycles. The highest BCUT2D eigenvalue weighted by Gasteiger charge is 1.94. The van der Waals surface area contributed by atoms with Gasteiger partial charge in [-0.25, -0.2) is 0 Å². The van der Waals surface area contributed by atoms with E-state index in [1.54, 1.807) is 0 Å². The maximum atomic E-state index is 8.67. The number of carbonyl (C=O) groups excluding carboxylic acids is 1. The van der Waals surface area contributed by atoms with Crippen LogP contribution in [0.25, 0.3) is 0 Å². The highest BCUT2D eigenvalue weighted by molar-refractivity contribution is 5.58. The summed E-state index contributed by atoms with van der Waals surface area (Å²) in [5, 5.41) is 11.2. The molecule has 0 spiro atoms. The summed E-state index contributed by atoms with van der Waals surface area (Å²) in [5.74, 6) is 0. The number of carbonyl (C=O) groups is 1. The average molecular weight is 303 g/mol. The molecule has 0 aromatic heterocycles. The van der Waals surface area contributed by atoms with E-state index in [2.05, 4.69) is 24.9 Å². The van der Waals surface area contributed by atoms with Crippen molar-refractivity contribution in [3.8, 4) is 0 Å². The number of primary amides is 1. The number of hydrogen-bond donors (Lipinski definition) is 2. The summed E-state index contributed by atoms with van der Waals surface area (Å²) in [7, 11) is 0. The monoisotopic (exact) mass is 302 g/mol. The Morgan fingerprint density at radius 3 is 1.38 bits per heavy atom. The first-order valence-electron chi connectivity index (χ1n) is 8.93. The van der Waals surface area contributed by atoms with Gasteiger partial charge in [0, 0.05) is 0 Å². The second-order valence-corrected chi connectivity index (χ2v) is 5.72. The molecule has 128 valence electrons. The SMILES string of the molecule is CCCCCCCC[NH2+]CCCCCCCC.NC(=O)[O-]. The van der Waals surface area contributed by atoms with Crippen LogP contribution in [-0.4, -0.2) is 19.2 Å². The molecule has 0 saturated heterocycles. The molecule has 21 heavy (non-hydrogen) atoms. The third kappa shape index (κ3) is 32.6. The summed E-state index contributed by atoms with van der Waals surface area (Å²) in [6.07, 6.45) is 15.6. The van der Waals surface area contributed by atoms with Gasteiger partial charge in [0.2, 0.25) is 0 Å². The Balaban J connectivity index is 0. The van der Waals surface area contributed by atoms with Crippen molar-refractivity contribution in [3.05, 3.63) is 0 Å². The molecule has 0 atom stereocenters. The normalized spacial score (nSPS) is 10.0. The Bertz CT molecular complexity index is 181. The highest BCUT2D eigenvalue weighted by atomic mass is 16.4. The van der Waals surface area contributed by atoms with Gasteiger partial charge >= 0.3 is 0 Å². The fraction of sp³-hybridized carbons (Fsp3) is 0.941. The Hall–Kier alpha value is -0.770. The lowest BCUT2D eigenvalue weighted by atomic mass is 10.1. The predicted octanol–water partition coefficient (Wildman–Crippen LogP) is 2.56. The molecule has 0 aliphatic heterocycles. The number of carboxylic acid groups (broad SMARTS) is 1. The largest absolute Gasteiger partial charge is 0.530 e. The minimum atomic E-state index is -1.58. The molecule has 4 nitrogen and oxygen atoms in total. The van der Waals surface area contributed by atoms with Crippen LogP contribution in [0.4, 0.5) is 4.79 Å². The first-order valence-corrected chi connectivity index (χ1v) is 8.93. The fourth-order valence-electron chi connectivity index (χ4n) is 2.28. The van der Waals surface area contributed by atoms with Crippen LogP contribution in [0.5, 0.6) is 0 Å². The van der Waals surface area contributed by atoms with Crippen LogP contribution < -0.4 is 16.2 Å². The quantitative estimate of drug-likeness (QED) is 0.483. The van der Waals surface area contributed by atoms with Crippen molar-refractivity contribution in [2.75, 3.05) is 13.1 Å². The third-order valence-electron chi connectivity index (χ3n) is 3.52. The number of amides is 1. The Kier molecular flexibility index (Phi) is 23.1. The van der Waals surface area contributed by atoms with E-state index in [0.29, 0.717) is 0 Å². The molecule has 0 aliphatic carbocycles. The lowest BCUT2D eigenvalue weighted by molar-refractivity contribution is -0.655. The summed E-state index contributed by atoms with van der Waals surface area (Å²) in [6.45, 7) is 7.30. The van der Waals surface area contributed by atoms with Crippen molar-refractivity contribution in [3.63, 3.8) is 0 Å². The number of hydrogen-bond acceptors (Lipinski definition) is 2. The van der Waals surface area contributed by atoms with Gasteiger partial charge in [0.1, 0.15) is 6.09 Å². The summed E-state index contributed by atoms with van der Waals surface area (Å²) in [4.78, 5) is 8.67. The highest BCUT2D eigenvalue weighted by Crippen LogP contribution is 2.04. The summed E-state index contributed by atoms with van der Waals surface area (Å²) < 4.78 is 0. The van der Waals surface area contributed by atoms with Crippen molar-refractivity contribution < 1.29 is 15.2 Å². The lowest BCUT2D eigenvalue weighted by Crippen LogP contribution is -2.84. The molecule has 0 fully saturated rings. The Labute approximate surface area is 131 Å². The van der Waals surface area contributed by atoms with Gasteiger partial charge in [-0.3, -0.25) is 0 Å². The van der Waals surface area contributed by atoms with Gasteiger partial charge in [-0.15, -0.1) is 0 Å². The summed E-state index contributed by atoms with van der Waals surface area (Å²) in [5.41, 5.74) is 3.92. The van der Waals surface area contributed by atoms with Gasteiger partial charge in [0.05, 0.1) is 13.1 Å². The van der Waals surface area contributed by atoms with Gasteiger partial charge in [-0.2, -0.15) is 0 Å². The van der Waals surface area contributed by atoms with Gasteiger partial charge in [-0.1, -0.05) is 65.2 Å². The smallest absolute Gasteiger partial charge is 0.131 e. The number of nitrogens with two attached hydrogens (primary N) is 2. The minimum absolute atomic E-state index is 1.36. The van der Waals surface area contributed by atoms with Gasteiger partial charge < -0.3 is 21.0 Å². The number of unbranched alkanes of at least 4 members (excludes halogenated alkanes) is 10. The molecule has 0 saturated carbocycles. The topological polar surface area (TPSA) is 82.8 Å². The maximum Gasteiger partial charge on any atom is 0.131 e. The zero-order valence-corrected chi connectivity index (χ0v) is 14.4. The van der Waals surface area contributed by atoms with Crippen LogP contribution in [0, 0.1) is 0 Å². The lowest BCUT2D eigenvalue weighted by Gasteiger charge is -2.02. The van der Waals surface area contributed by atoms with E-state index in [1.807, 2.05) is 0 Å². The molecule has 0 aromatic carbocycles. The maximum absolute atomic E-state index is 8.67. The van der Waals surface area contributed by atoms with E-state index in [9.17, 15) is 0 Å². The minimum Gasteiger partial charge on any atom is -0.530 e. The standard InChI is InChI=1S/C16H35N.CH3NO2/c1-3-5-7-9-11-13-15-17-16-14-12-10-8-6-4-2;2-1(3)4/h17H,3-16H2,1-2H3;2H2,(H,3,4). The summed E-state index contributed by atoms with van der Waals surface area (Å²) >= 11 is 0. The zero-order chi connectivity index (χ0) is 16.2. The van der Waals surface area contributed by atoms with Gasteiger partial charge in [-0.05, 0) is 25.7 Å². The molecule has 0 aromatic rings. The van der Waals surface area contributed by atoms with Crippen LogP contribution in [0.2, 0.25) is 0 Å². The van der Waals surface area contributed by atoms with Crippen LogP contribution in [0.3, 0.4) is 0 Å². The van der Waals surface area contributed by atoms with Crippen LogP contribution in [-0.2, 0) is 0 Å². The van der Waals surface area contributed by atoms with Crippen LogP contribution >= 0.6 is 0 Å². The Morgan fingerprint density at radius 1 is 0.762 bits per heavy atom. The van der Waals surface area contributed by atoms with E-state index >= 15 is 0 Å². The zero-order valence-electron chi connectivity index (χ0n) is 14.4. The van der Waals surface area contributed by atoms with Gasteiger partial charge in [0.15, 0.2) is 0 Å². The predicted molar refractivity (Wildman–Crippen MR) is 88.0 cm³/mol. The summed E-state index contributed by atoms with van der Waals surface area (Å²) in [6, 6.07) is 0. The van der Waals surface area contributed by atoms with Crippen LogP contribution in [0.1, 0.15) is 90.9 Å². The molecule has 4 N–H and O–H groups in total. The molecule has 0 aliphatic rings. The molecule has 1 amide bonds. The van der Waals surface area contributed by atoms with E-state index in [-0.39, 0.29) is 0 Å². The molecule has 0 radical (unpaired) electrons.